The number of methoxy groups -OCH3 is 1. The van der Waals surface area contributed by atoms with E-state index in [2.05, 4.69) is 0 Å². The van der Waals surface area contributed by atoms with E-state index in [0.29, 0.717) is 17.0 Å². The van der Waals surface area contributed by atoms with E-state index in [9.17, 15) is 0 Å². The molecule has 0 bridgehead atoms. The van der Waals surface area contributed by atoms with Crippen molar-refractivity contribution in [2.75, 3.05) is 12.8 Å². The van der Waals surface area contributed by atoms with Gasteiger partial charge in [0.2, 0.25) is 0 Å². The molecule has 2 N–H and O–H groups in total. The first kappa shape index (κ1) is 8.41. The van der Waals surface area contributed by atoms with E-state index in [-0.39, 0.29) is 0 Å². The molecular formula is C9H10N2O. The average Bonchev–Trinajstić information content (AvgIpc) is 2.06. The number of nitrogens with zero attached hydrogens (tertiary/aromatic N) is 1. The number of nitrogen functional groups attached to an aromatic ring is 1. The highest BCUT2D eigenvalue weighted by Crippen LogP contribution is 2.26. The van der Waals surface area contributed by atoms with Crippen LogP contribution in [0.25, 0.3) is 0 Å². The van der Waals surface area contributed by atoms with Crippen LogP contribution >= 0.6 is 0 Å². The Hall–Kier alpha value is -1.69. The minimum absolute atomic E-state index is 0.417. The largest absolute Gasteiger partial charge is 0.495 e. The lowest BCUT2D eigenvalue weighted by Gasteiger charge is -2.06. The van der Waals surface area contributed by atoms with E-state index in [1.165, 1.54) is 7.11 Å². The summed E-state index contributed by atoms with van der Waals surface area (Å²) in [5, 5.41) is 8.73. The van der Waals surface area contributed by atoms with Crippen LogP contribution in [0.4, 0.5) is 5.69 Å². The zero-order chi connectivity index (χ0) is 9.14. The fourth-order valence-corrected chi connectivity index (χ4v) is 1.04. The topological polar surface area (TPSA) is 59.0 Å². The molecule has 0 saturated carbocycles. The smallest absolute Gasteiger partial charge is 0.143 e. The summed E-state index contributed by atoms with van der Waals surface area (Å²) < 4.78 is 4.97. The SMILES string of the molecule is COc1ccc(C)c(C#N)c1N. The van der Waals surface area contributed by atoms with Crippen LogP contribution in [0.15, 0.2) is 12.1 Å². The van der Waals surface area contributed by atoms with Gasteiger partial charge >= 0.3 is 0 Å². The van der Waals surface area contributed by atoms with Crippen molar-refractivity contribution in [3.8, 4) is 11.8 Å². The molecule has 0 unspecified atom stereocenters. The Bertz CT molecular complexity index is 339. The van der Waals surface area contributed by atoms with Gasteiger partial charge in [0.15, 0.2) is 0 Å². The van der Waals surface area contributed by atoms with Gasteiger partial charge in [0.1, 0.15) is 11.8 Å². The molecule has 3 heteroatoms. The number of rotatable bonds is 1. The molecule has 1 aromatic rings. The number of ether oxygens (including phenoxy) is 1. The van der Waals surface area contributed by atoms with Gasteiger partial charge in [0, 0.05) is 0 Å². The quantitative estimate of drug-likeness (QED) is 0.636. The second-order valence-corrected chi connectivity index (χ2v) is 2.49. The van der Waals surface area contributed by atoms with E-state index >= 15 is 0 Å². The van der Waals surface area contributed by atoms with E-state index < -0.39 is 0 Å². The van der Waals surface area contributed by atoms with E-state index in [1.807, 2.05) is 19.1 Å². The van der Waals surface area contributed by atoms with Gasteiger partial charge in [-0.25, -0.2) is 0 Å². The summed E-state index contributed by atoms with van der Waals surface area (Å²) in [4.78, 5) is 0. The zero-order valence-electron chi connectivity index (χ0n) is 7.09. The summed E-state index contributed by atoms with van der Waals surface area (Å²) in [6.07, 6.45) is 0. The van der Waals surface area contributed by atoms with Crippen molar-refractivity contribution in [1.82, 2.24) is 0 Å². The molecule has 0 heterocycles. The first-order chi connectivity index (χ1) is 5.70. The number of aryl methyl sites for hydroxylation is 1. The summed E-state index contributed by atoms with van der Waals surface area (Å²) in [5.74, 6) is 0.553. The molecule has 0 spiro atoms. The Morgan fingerprint density at radius 2 is 2.17 bits per heavy atom. The first-order valence-corrected chi connectivity index (χ1v) is 3.54. The van der Waals surface area contributed by atoms with Crippen LogP contribution < -0.4 is 10.5 Å². The van der Waals surface area contributed by atoms with Gasteiger partial charge in [-0.1, -0.05) is 6.07 Å². The average molecular weight is 162 g/mol. The van der Waals surface area contributed by atoms with Crippen molar-refractivity contribution in [3.05, 3.63) is 23.3 Å². The van der Waals surface area contributed by atoms with Gasteiger partial charge in [-0.15, -0.1) is 0 Å². The molecular weight excluding hydrogens is 152 g/mol. The van der Waals surface area contributed by atoms with Crippen molar-refractivity contribution in [1.29, 1.82) is 5.26 Å². The van der Waals surface area contributed by atoms with Gasteiger partial charge in [0.25, 0.3) is 0 Å². The molecule has 0 aliphatic carbocycles. The molecule has 0 atom stereocenters. The van der Waals surface area contributed by atoms with Gasteiger partial charge in [-0.3, -0.25) is 0 Å². The van der Waals surface area contributed by atoms with Crippen molar-refractivity contribution in [2.45, 2.75) is 6.92 Å². The second-order valence-electron chi connectivity index (χ2n) is 2.49. The lowest BCUT2D eigenvalue weighted by molar-refractivity contribution is 0.417. The van der Waals surface area contributed by atoms with Gasteiger partial charge in [-0.05, 0) is 18.6 Å². The van der Waals surface area contributed by atoms with E-state index in [4.69, 9.17) is 15.7 Å². The van der Waals surface area contributed by atoms with Crippen LogP contribution in [-0.2, 0) is 0 Å². The zero-order valence-corrected chi connectivity index (χ0v) is 7.09. The highest BCUT2D eigenvalue weighted by Gasteiger charge is 2.06. The molecule has 0 aliphatic heterocycles. The standard InChI is InChI=1S/C9H10N2O/c1-6-3-4-8(12-2)9(11)7(6)5-10/h3-4H,11H2,1-2H3. The summed E-state index contributed by atoms with van der Waals surface area (Å²) in [7, 11) is 1.53. The first-order valence-electron chi connectivity index (χ1n) is 3.54. The molecule has 0 aliphatic rings. The summed E-state index contributed by atoms with van der Waals surface area (Å²) in [6.45, 7) is 1.84. The summed E-state index contributed by atoms with van der Waals surface area (Å²) >= 11 is 0. The molecule has 0 amide bonds. The maximum Gasteiger partial charge on any atom is 0.143 e. The van der Waals surface area contributed by atoms with Gasteiger partial charge in [0.05, 0.1) is 18.4 Å². The molecule has 0 radical (unpaired) electrons. The summed E-state index contributed by atoms with van der Waals surface area (Å²) in [5.41, 5.74) is 7.44. The van der Waals surface area contributed by atoms with Gasteiger partial charge < -0.3 is 10.5 Å². The predicted molar refractivity (Wildman–Crippen MR) is 46.9 cm³/mol. The Labute approximate surface area is 71.4 Å². The van der Waals surface area contributed by atoms with E-state index in [0.717, 1.165) is 5.56 Å². The van der Waals surface area contributed by atoms with Crippen LogP contribution in [0.1, 0.15) is 11.1 Å². The van der Waals surface area contributed by atoms with Crippen LogP contribution in [0.2, 0.25) is 0 Å². The Kier molecular flexibility index (Phi) is 2.20. The monoisotopic (exact) mass is 162 g/mol. The lowest BCUT2D eigenvalue weighted by Crippen LogP contribution is -1.97. The molecule has 3 nitrogen and oxygen atoms in total. The number of benzene rings is 1. The number of hydrogen-bond donors (Lipinski definition) is 1. The van der Waals surface area contributed by atoms with Gasteiger partial charge in [-0.2, -0.15) is 5.26 Å². The fourth-order valence-electron chi connectivity index (χ4n) is 1.04. The Morgan fingerprint density at radius 3 is 2.67 bits per heavy atom. The minimum atomic E-state index is 0.417. The molecule has 0 aromatic heterocycles. The van der Waals surface area contributed by atoms with Crippen LogP contribution in [-0.4, -0.2) is 7.11 Å². The maximum atomic E-state index is 8.73. The third kappa shape index (κ3) is 1.19. The number of anilines is 1. The Morgan fingerprint density at radius 1 is 1.50 bits per heavy atom. The maximum absolute atomic E-state index is 8.73. The fraction of sp³-hybridized carbons (Fsp3) is 0.222. The Balaban J connectivity index is 3.36. The van der Waals surface area contributed by atoms with Crippen molar-refractivity contribution >= 4 is 5.69 Å². The number of hydrogen-bond acceptors (Lipinski definition) is 3. The third-order valence-electron chi connectivity index (χ3n) is 1.75. The third-order valence-corrected chi connectivity index (χ3v) is 1.75. The van der Waals surface area contributed by atoms with Crippen molar-refractivity contribution in [2.24, 2.45) is 0 Å². The highest BCUT2D eigenvalue weighted by atomic mass is 16.5. The molecule has 0 saturated heterocycles. The van der Waals surface area contributed by atoms with Crippen LogP contribution in [0.5, 0.6) is 5.75 Å². The minimum Gasteiger partial charge on any atom is -0.495 e. The molecule has 1 rings (SSSR count). The predicted octanol–water partition coefficient (Wildman–Crippen LogP) is 1.46. The second kappa shape index (κ2) is 3.14. The molecule has 12 heavy (non-hydrogen) atoms. The summed E-state index contributed by atoms with van der Waals surface area (Å²) in [6, 6.07) is 5.60. The van der Waals surface area contributed by atoms with Crippen LogP contribution in [0, 0.1) is 18.3 Å². The van der Waals surface area contributed by atoms with Crippen LogP contribution in [0.3, 0.4) is 0 Å². The molecule has 0 fully saturated rings. The molecule has 62 valence electrons. The van der Waals surface area contributed by atoms with E-state index in [1.54, 1.807) is 6.07 Å². The van der Waals surface area contributed by atoms with Crippen molar-refractivity contribution in [3.63, 3.8) is 0 Å². The normalized spacial score (nSPS) is 9.08. The van der Waals surface area contributed by atoms with Crippen molar-refractivity contribution < 1.29 is 4.74 Å². The molecule has 1 aromatic carbocycles. The number of nitrogens with two attached hydrogens (primary N) is 1. The lowest BCUT2D eigenvalue weighted by atomic mass is 10.1. The number of nitriles is 1. The highest BCUT2D eigenvalue weighted by molar-refractivity contribution is 5.65.